The Kier molecular flexibility index (Phi) is 124. The molecule has 0 aromatic rings. The first kappa shape index (κ1) is 18.4. The van der Waals surface area contributed by atoms with Crippen LogP contribution in [0.1, 0.15) is 0 Å². The Labute approximate surface area is 52.4 Å². The molecule has 2 nitrogen and oxygen atoms in total. The Hall–Kier alpha value is 1.34. The van der Waals surface area contributed by atoms with Gasteiger partial charge in [-0.15, -0.1) is 0 Å². The summed E-state index contributed by atoms with van der Waals surface area (Å²) in [5.74, 6) is 0. The molecule has 0 amide bonds. The molecule has 0 aromatic carbocycles. The quantitative estimate of drug-likeness (QED) is 0.393. The van der Waals surface area contributed by atoms with Crippen molar-refractivity contribution < 1.29 is 35.8 Å². The zero-order valence-electron chi connectivity index (χ0n) is 2.45. The van der Waals surface area contributed by atoms with Crippen LogP contribution in [0.5, 0.6) is 0 Å². The van der Waals surface area contributed by atoms with E-state index in [0.717, 1.165) is 0 Å². The van der Waals surface area contributed by atoms with Crippen molar-refractivity contribution in [3.8, 4) is 0 Å². The first-order valence-corrected chi connectivity index (χ1v) is 1.34. The van der Waals surface area contributed by atoms with E-state index in [9.17, 15) is 0 Å². The number of hydrogen-bond acceptors (Lipinski definition) is 1. The number of hydrogen-bond donors (Lipinski definition) is 1. The predicted molar refractivity (Wildman–Crippen MR) is 14.4 cm³/mol. The maximum absolute atomic E-state index is 7.14. The third-order valence-corrected chi connectivity index (χ3v) is 0. The van der Waals surface area contributed by atoms with Gasteiger partial charge in [0.05, 0.1) is 0 Å². The van der Waals surface area contributed by atoms with Gasteiger partial charge < -0.3 is 9.63 Å². The van der Waals surface area contributed by atoms with Crippen LogP contribution in [0.4, 0.5) is 0 Å². The molecule has 0 heterocycles. The molecule has 0 aliphatic heterocycles. The Morgan fingerprint density at radius 3 is 1.25 bits per heavy atom. The third-order valence-electron chi connectivity index (χ3n) is 0. The molecule has 0 atom stereocenters. The monoisotopic (exact) mass is 154 g/mol. The molecule has 0 rings (SSSR count). The smallest absolute Gasteiger partial charge is 0.407 e. The standard InChI is InChI=1S/Al.2H2O.Zr.2H/h;2*1H2;;;/q+1;;;;;/p-1. The van der Waals surface area contributed by atoms with Crippen LogP contribution >= 0.6 is 0 Å². The average Bonchev–Trinajstić information content (AvgIpc) is 1.00. The van der Waals surface area contributed by atoms with E-state index in [2.05, 4.69) is 0 Å². The number of rotatable bonds is 0. The van der Waals surface area contributed by atoms with Crippen LogP contribution < -0.4 is 0 Å². The third kappa shape index (κ3) is 10.2. The molecular weight excluding hydrogens is 150 g/mol. The van der Waals surface area contributed by atoms with E-state index in [4.69, 9.17) is 4.16 Å². The van der Waals surface area contributed by atoms with E-state index in [1.165, 1.54) is 0 Å². The molecule has 0 radical (unpaired) electrons. The van der Waals surface area contributed by atoms with Crippen molar-refractivity contribution in [3.05, 3.63) is 0 Å². The first-order valence-electron chi connectivity index (χ1n) is 0.447. The van der Waals surface area contributed by atoms with Crippen LogP contribution in [-0.2, 0) is 26.2 Å². The van der Waals surface area contributed by atoms with Crippen LogP contribution in [0.15, 0.2) is 0 Å². The van der Waals surface area contributed by atoms with Gasteiger partial charge in [-0.3, -0.25) is 0 Å². The summed E-state index contributed by atoms with van der Waals surface area (Å²) in [6.07, 6.45) is 0. The second-order valence-electron chi connectivity index (χ2n) is 0. The zero-order valence-corrected chi connectivity index (χ0v) is 6.91. The molecule has 24 valence electrons. The van der Waals surface area contributed by atoms with Crippen LogP contribution in [0.2, 0.25) is 0 Å². The van der Waals surface area contributed by atoms with Gasteiger partial charge >= 0.3 is 16.6 Å². The summed E-state index contributed by atoms with van der Waals surface area (Å²) in [4.78, 5) is 0. The minimum Gasteiger partial charge on any atom is -0.521 e. The van der Waals surface area contributed by atoms with Gasteiger partial charge in [-0.25, -0.2) is 0 Å². The second-order valence-corrected chi connectivity index (χ2v) is 0. The van der Waals surface area contributed by atoms with E-state index in [-0.39, 0.29) is 31.7 Å². The Bertz CT molecular complexity index is 6.00. The van der Waals surface area contributed by atoms with E-state index < -0.39 is 0 Å². The van der Waals surface area contributed by atoms with Gasteiger partial charge in [0.25, 0.3) is 0 Å². The van der Waals surface area contributed by atoms with Gasteiger partial charge in [-0.1, -0.05) is 0 Å². The van der Waals surface area contributed by atoms with E-state index >= 15 is 0 Å². The summed E-state index contributed by atoms with van der Waals surface area (Å²) < 4.78 is 7.14. The molecule has 0 bridgehead atoms. The van der Waals surface area contributed by atoms with E-state index in [1.54, 1.807) is 0 Å². The molecule has 0 saturated carbocycles. The summed E-state index contributed by atoms with van der Waals surface area (Å²) in [6.45, 7) is 0. The largest absolute Gasteiger partial charge is 0.521 e. The Balaban J connectivity index is -0.00000000500. The first-order chi connectivity index (χ1) is 1.00. The van der Waals surface area contributed by atoms with Gasteiger partial charge in [0, 0.05) is 26.2 Å². The van der Waals surface area contributed by atoms with Crippen molar-refractivity contribution in [2.45, 2.75) is 0 Å². The average molecular weight is 155 g/mol. The van der Waals surface area contributed by atoms with Gasteiger partial charge in [-0.2, -0.15) is 0 Å². The van der Waals surface area contributed by atoms with Gasteiger partial charge in [0.1, 0.15) is 0 Å². The molecule has 0 aliphatic carbocycles. The van der Waals surface area contributed by atoms with Crippen molar-refractivity contribution in [1.82, 2.24) is 0 Å². The Morgan fingerprint density at radius 2 is 1.25 bits per heavy atom. The minimum atomic E-state index is 0. The minimum absolute atomic E-state index is 0. The molecule has 0 aromatic heterocycles. The summed E-state index contributed by atoms with van der Waals surface area (Å²) in [5, 5.41) is 0. The van der Waals surface area contributed by atoms with Crippen LogP contribution in [-0.4, -0.2) is 26.3 Å². The fraction of sp³-hybridized carbons (Fsp3) is 0. The summed E-state index contributed by atoms with van der Waals surface area (Å²) in [7, 11) is 0. The molecule has 4 heteroatoms. The summed E-state index contributed by atoms with van der Waals surface area (Å²) >= 11 is 0.306. The molecule has 0 saturated heterocycles. The molecule has 0 unspecified atom stereocenters. The van der Waals surface area contributed by atoms with Crippen molar-refractivity contribution in [2.24, 2.45) is 0 Å². The normalized spacial score (nSPS) is 1.25. The molecule has 0 aliphatic rings. The van der Waals surface area contributed by atoms with Gasteiger partial charge in [0.15, 0.2) is 0 Å². The fourth-order valence-electron chi connectivity index (χ4n) is 0. The van der Waals surface area contributed by atoms with Crippen LogP contribution in [0.25, 0.3) is 0 Å². The Morgan fingerprint density at radius 1 is 1.25 bits per heavy atom. The molecule has 3 N–H and O–H groups in total. The molecular formula is H5AlO2Zr. The van der Waals surface area contributed by atoms with Crippen molar-refractivity contribution >= 4 is 16.6 Å². The molecule has 4 heavy (non-hydrogen) atoms. The van der Waals surface area contributed by atoms with E-state index in [0.29, 0.717) is 16.6 Å². The topological polar surface area (TPSA) is 51.7 Å². The maximum Gasteiger partial charge on any atom is 0.407 e. The summed E-state index contributed by atoms with van der Waals surface area (Å²) in [5.41, 5.74) is 0. The van der Waals surface area contributed by atoms with E-state index in [1.807, 2.05) is 0 Å². The van der Waals surface area contributed by atoms with Crippen LogP contribution in [0.3, 0.4) is 0 Å². The SMILES string of the molecule is O.[OH][AlH2].[Zr]. The second kappa shape index (κ2) is 27.0. The van der Waals surface area contributed by atoms with Gasteiger partial charge in [-0.05, 0) is 0 Å². The van der Waals surface area contributed by atoms with Crippen molar-refractivity contribution in [3.63, 3.8) is 0 Å². The maximum atomic E-state index is 7.14. The van der Waals surface area contributed by atoms with Crippen LogP contribution in [0, 0.1) is 0 Å². The predicted octanol–water partition coefficient (Wildman–Crippen LogP) is -2.30. The summed E-state index contributed by atoms with van der Waals surface area (Å²) in [6, 6.07) is 0. The zero-order chi connectivity index (χ0) is 2.00. The molecule has 0 fully saturated rings. The molecule has 0 spiro atoms. The van der Waals surface area contributed by atoms with Gasteiger partial charge in [0.2, 0.25) is 0 Å². The van der Waals surface area contributed by atoms with Crippen molar-refractivity contribution in [2.75, 3.05) is 0 Å². The fourth-order valence-corrected chi connectivity index (χ4v) is 0. The van der Waals surface area contributed by atoms with Crippen molar-refractivity contribution in [1.29, 1.82) is 0 Å².